The van der Waals surface area contributed by atoms with Gasteiger partial charge in [0.15, 0.2) is 0 Å². The molecular formula is C23H22NOP. The second-order valence-electron chi connectivity index (χ2n) is 6.47. The van der Waals surface area contributed by atoms with E-state index in [9.17, 15) is 0 Å². The van der Waals surface area contributed by atoms with Crippen LogP contribution in [0.5, 0.6) is 0 Å². The van der Waals surface area contributed by atoms with Crippen molar-refractivity contribution in [2.75, 3.05) is 6.16 Å². The molecule has 3 aromatic rings. The molecule has 0 radical (unpaired) electrons. The molecule has 0 spiro atoms. The molecule has 130 valence electrons. The van der Waals surface area contributed by atoms with E-state index in [1.165, 1.54) is 10.6 Å². The highest BCUT2D eigenvalue weighted by atomic mass is 31.1. The van der Waals surface area contributed by atoms with Crippen LogP contribution in [-0.4, -0.2) is 24.2 Å². The highest BCUT2D eigenvalue weighted by Crippen LogP contribution is 2.37. The molecule has 0 saturated carbocycles. The average Bonchev–Trinajstić information content (AvgIpc) is 3.08. The van der Waals surface area contributed by atoms with Crippen LogP contribution in [0.3, 0.4) is 0 Å². The van der Waals surface area contributed by atoms with Gasteiger partial charge in [0.1, 0.15) is 6.10 Å². The van der Waals surface area contributed by atoms with Gasteiger partial charge in [-0.1, -0.05) is 78.9 Å². The van der Waals surface area contributed by atoms with E-state index in [1.54, 1.807) is 0 Å². The standard InChI is InChI=1S/C23H22NOP/c1-18-22(24-23(25-18)19-11-5-2-6-12-19)17-26(20-13-7-3-8-14-20)21-15-9-4-10-16-21/h2-16,18,22H,17H2,1H3. The molecule has 0 saturated heterocycles. The molecule has 2 atom stereocenters. The van der Waals surface area contributed by atoms with Crippen LogP contribution in [0.2, 0.25) is 0 Å². The highest BCUT2D eigenvalue weighted by molar-refractivity contribution is 7.73. The van der Waals surface area contributed by atoms with Gasteiger partial charge in [-0.2, -0.15) is 0 Å². The lowest BCUT2D eigenvalue weighted by Gasteiger charge is -2.22. The van der Waals surface area contributed by atoms with E-state index in [-0.39, 0.29) is 12.1 Å². The highest BCUT2D eigenvalue weighted by Gasteiger charge is 2.31. The maximum Gasteiger partial charge on any atom is 0.216 e. The summed E-state index contributed by atoms with van der Waals surface area (Å²) in [5, 5.41) is 2.79. The van der Waals surface area contributed by atoms with Crippen LogP contribution in [0.1, 0.15) is 12.5 Å². The molecule has 0 amide bonds. The summed E-state index contributed by atoms with van der Waals surface area (Å²) in [6.45, 7) is 2.13. The Morgan fingerprint density at radius 1 is 0.769 bits per heavy atom. The van der Waals surface area contributed by atoms with Crippen molar-refractivity contribution >= 4 is 24.4 Å². The summed E-state index contributed by atoms with van der Waals surface area (Å²) in [5.41, 5.74) is 1.06. The lowest BCUT2D eigenvalue weighted by Crippen LogP contribution is -2.26. The van der Waals surface area contributed by atoms with Crippen molar-refractivity contribution in [2.24, 2.45) is 4.99 Å². The van der Waals surface area contributed by atoms with Crippen LogP contribution in [0, 0.1) is 0 Å². The predicted molar refractivity (Wildman–Crippen MR) is 111 cm³/mol. The number of hydrogen-bond donors (Lipinski definition) is 0. The molecule has 0 aromatic heterocycles. The van der Waals surface area contributed by atoms with Gasteiger partial charge in [0.25, 0.3) is 0 Å². The average molecular weight is 359 g/mol. The Balaban J connectivity index is 1.63. The van der Waals surface area contributed by atoms with Crippen molar-refractivity contribution in [2.45, 2.75) is 19.1 Å². The Bertz CT molecular complexity index is 825. The zero-order valence-corrected chi connectivity index (χ0v) is 15.7. The second kappa shape index (κ2) is 7.85. The first-order chi connectivity index (χ1) is 12.8. The number of nitrogens with zero attached hydrogens (tertiary/aromatic N) is 1. The van der Waals surface area contributed by atoms with E-state index < -0.39 is 7.92 Å². The van der Waals surface area contributed by atoms with Gasteiger partial charge in [0.2, 0.25) is 5.90 Å². The van der Waals surface area contributed by atoms with Crippen molar-refractivity contribution in [3.05, 3.63) is 96.6 Å². The number of hydrogen-bond acceptors (Lipinski definition) is 2. The molecule has 0 aliphatic carbocycles. The minimum Gasteiger partial charge on any atom is -0.472 e. The molecule has 2 nitrogen and oxygen atoms in total. The largest absolute Gasteiger partial charge is 0.472 e. The quantitative estimate of drug-likeness (QED) is 0.621. The van der Waals surface area contributed by atoms with Crippen molar-refractivity contribution in [1.82, 2.24) is 0 Å². The fraction of sp³-hybridized carbons (Fsp3) is 0.174. The van der Waals surface area contributed by atoms with Gasteiger partial charge in [0.05, 0.1) is 6.04 Å². The molecule has 0 fully saturated rings. The Morgan fingerprint density at radius 2 is 1.27 bits per heavy atom. The molecule has 1 heterocycles. The van der Waals surface area contributed by atoms with Gasteiger partial charge in [-0.15, -0.1) is 0 Å². The summed E-state index contributed by atoms with van der Waals surface area (Å²) in [4.78, 5) is 4.94. The van der Waals surface area contributed by atoms with E-state index in [0.717, 1.165) is 17.6 Å². The van der Waals surface area contributed by atoms with Crippen LogP contribution in [0.25, 0.3) is 0 Å². The maximum absolute atomic E-state index is 6.09. The van der Waals surface area contributed by atoms with Gasteiger partial charge in [-0.05, 0) is 37.6 Å². The fourth-order valence-electron chi connectivity index (χ4n) is 3.22. The summed E-state index contributed by atoms with van der Waals surface area (Å²) >= 11 is 0. The van der Waals surface area contributed by atoms with Gasteiger partial charge < -0.3 is 4.74 Å². The smallest absolute Gasteiger partial charge is 0.216 e. The van der Waals surface area contributed by atoms with E-state index in [4.69, 9.17) is 9.73 Å². The monoisotopic (exact) mass is 359 g/mol. The fourth-order valence-corrected chi connectivity index (χ4v) is 5.75. The maximum atomic E-state index is 6.09. The van der Waals surface area contributed by atoms with E-state index in [0.29, 0.717) is 0 Å². The second-order valence-corrected chi connectivity index (χ2v) is 8.73. The Kier molecular flexibility index (Phi) is 5.13. The minimum atomic E-state index is -0.464. The van der Waals surface area contributed by atoms with E-state index >= 15 is 0 Å². The Hall–Kier alpha value is -2.44. The third kappa shape index (κ3) is 3.71. The molecule has 2 unspecified atom stereocenters. The lowest BCUT2D eigenvalue weighted by atomic mass is 10.2. The van der Waals surface area contributed by atoms with Crippen molar-refractivity contribution < 1.29 is 4.74 Å². The van der Waals surface area contributed by atoms with Gasteiger partial charge in [-0.25, -0.2) is 4.99 Å². The van der Waals surface area contributed by atoms with Crippen LogP contribution in [0.15, 0.2) is 96.0 Å². The number of ether oxygens (including phenoxy) is 1. The van der Waals surface area contributed by atoms with Crippen LogP contribution in [-0.2, 0) is 4.74 Å². The third-order valence-electron chi connectivity index (χ3n) is 4.65. The SMILES string of the molecule is CC1OC(c2ccccc2)=NC1CP(c1ccccc1)c1ccccc1. The molecule has 4 rings (SSSR count). The Morgan fingerprint density at radius 3 is 1.81 bits per heavy atom. The molecule has 3 aromatic carbocycles. The van der Waals surface area contributed by atoms with Gasteiger partial charge >= 0.3 is 0 Å². The number of aliphatic imine (C=N–C) groups is 1. The van der Waals surface area contributed by atoms with Crippen molar-refractivity contribution in [3.63, 3.8) is 0 Å². The third-order valence-corrected chi connectivity index (χ3v) is 7.23. The van der Waals surface area contributed by atoms with Crippen LogP contribution < -0.4 is 10.6 Å². The summed E-state index contributed by atoms with van der Waals surface area (Å²) in [6, 6.07) is 32.0. The Labute approximate surface area is 156 Å². The number of benzene rings is 3. The topological polar surface area (TPSA) is 21.6 Å². The van der Waals surface area contributed by atoms with Crippen LogP contribution >= 0.6 is 7.92 Å². The first-order valence-corrected chi connectivity index (χ1v) is 10.5. The first-order valence-electron chi connectivity index (χ1n) is 8.99. The zero-order valence-electron chi connectivity index (χ0n) is 14.8. The normalized spacial score (nSPS) is 19.2. The summed E-state index contributed by atoms with van der Waals surface area (Å²) in [5.74, 6) is 0.777. The predicted octanol–water partition coefficient (Wildman–Crippen LogP) is 4.35. The minimum absolute atomic E-state index is 0.0997. The molecule has 1 aliphatic rings. The van der Waals surface area contributed by atoms with E-state index in [2.05, 4.69) is 79.7 Å². The summed E-state index contributed by atoms with van der Waals surface area (Å²) in [6.07, 6.45) is 1.10. The molecule has 0 N–H and O–H groups in total. The van der Waals surface area contributed by atoms with Crippen LogP contribution in [0.4, 0.5) is 0 Å². The molecule has 0 bridgehead atoms. The molecule has 26 heavy (non-hydrogen) atoms. The van der Waals surface area contributed by atoms with E-state index in [1.807, 2.05) is 18.2 Å². The molecular weight excluding hydrogens is 337 g/mol. The summed E-state index contributed by atoms with van der Waals surface area (Å²) < 4.78 is 6.09. The lowest BCUT2D eigenvalue weighted by molar-refractivity contribution is 0.220. The van der Waals surface area contributed by atoms with Gasteiger partial charge in [-0.3, -0.25) is 0 Å². The van der Waals surface area contributed by atoms with Crippen molar-refractivity contribution in [3.8, 4) is 0 Å². The molecule has 1 aliphatic heterocycles. The number of rotatable bonds is 5. The summed E-state index contributed by atoms with van der Waals surface area (Å²) in [7, 11) is -0.464. The van der Waals surface area contributed by atoms with Gasteiger partial charge in [0, 0.05) is 11.7 Å². The first kappa shape index (κ1) is 17.0. The van der Waals surface area contributed by atoms with Crippen molar-refractivity contribution in [1.29, 1.82) is 0 Å². The zero-order chi connectivity index (χ0) is 17.8. The molecule has 3 heteroatoms.